The Hall–Kier alpha value is -2.12. The van der Waals surface area contributed by atoms with Gasteiger partial charge >= 0.3 is 11.9 Å². The van der Waals surface area contributed by atoms with Gasteiger partial charge in [-0.1, -0.05) is 25.1 Å². The van der Waals surface area contributed by atoms with Gasteiger partial charge in [0.25, 0.3) is 0 Å². The van der Waals surface area contributed by atoms with Crippen molar-refractivity contribution < 1.29 is 48.2 Å². The Morgan fingerprint density at radius 1 is 1.02 bits per heavy atom. The lowest BCUT2D eigenvalue weighted by Gasteiger charge is -2.69. The third-order valence-electron chi connectivity index (χ3n) is 12.8. The van der Waals surface area contributed by atoms with E-state index in [1.165, 1.54) is 14.0 Å². The first-order chi connectivity index (χ1) is 21.1. The van der Waals surface area contributed by atoms with Crippen LogP contribution in [0, 0.1) is 29.1 Å². The van der Waals surface area contributed by atoms with Crippen molar-refractivity contribution in [3.8, 4) is 0 Å². The van der Waals surface area contributed by atoms with Gasteiger partial charge in [0.05, 0.1) is 23.4 Å². The number of aliphatic hydroxyl groups excluding tert-OH is 1. The molecule has 0 amide bonds. The van der Waals surface area contributed by atoms with Crippen LogP contribution in [0.25, 0.3) is 0 Å². The van der Waals surface area contributed by atoms with Crippen molar-refractivity contribution in [3.05, 3.63) is 35.9 Å². The lowest BCUT2D eigenvalue weighted by molar-refractivity contribution is -0.320. The summed E-state index contributed by atoms with van der Waals surface area (Å²) in [5.74, 6) is -3.13. The minimum absolute atomic E-state index is 0.149. The number of aliphatic hydroxyl groups is 2. The molecule has 5 aliphatic carbocycles. The van der Waals surface area contributed by atoms with E-state index >= 15 is 0 Å². The van der Waals surface area contributed by atoms with Gasteiger partial charge in [-0.15, -0.1) is 0 Å². The van der Waals surface area contributed by atoms with Crippen LogP contribution in [0.1, 0.15) is 43.5 Å². The molecule has 6 aliphatic rings. The molecule has 1 saturated heterocycles. The quantitative estimate of drug-likeness (QED) is 0.412. The van der Waals surface area contributed by atoms with Gasteiger partial charge in [0, 0.05) is 71.1 Å². The van der Waals surface area contributed by atoms with Gasteiger partial charge in [0.15, 0.2) is 5.60 Å². The Morgan fingerprint density at radius 3 is 2.34 bits per heavy atom. The summed E-state index contributed by atoms with van der Waals surface area (Å²) >= 11 is 0. The van der Waals surface area contributed by atoms with Crippen LogP contribution in [-0.4, -0.2) is 122 Å². The number of methoxy groups -OCH3 is 4. The highest BCUT2D eigenvalue weighted by atomic mass is 16.6. The summed E-state index contributed by atoms with van der Waals surface area (Å²) in [6.07, 6.45) is -2.91. The Bertz CT molecular complexity index is 1310. The van der Waals surface area contributed by atoms with E-state index in [2.05, 4.69) is 11.8 Å². The molecule has 1 heterocycles. The van der Waals surface area contributed by atoms with Crippen molar-refractivity contribution in [2.24, 2.45) is 29.1 Å². The molecule has 1 spiro atoms. The standard InChI is InChI=1S/C33H45NO10/c1-7-34-16-30(42-6)14-13-20(39-3)32-19-15-31(38)27(43-29(37)18-11-9-8-10-12-18)21(19)33(44-17(2)35,26(36)28(31)41-5)22(25(32)34)23(40-4)24(30)32/h8-12,19-28,36,38H,7,13-16H2,1-6H3/t19-,20+,21+,22+,23+,24-,25-,26+,27-,28+,30+,31-,32+,33+/m1/s1. The van der Waals surface area contributed by atoms with Gasteiger partial charge in [-0.2, -0.15) is 0 Å². The van der Waals surface area contributed by atoms with E-state index in [1.807, 2.05) is 6.07 Å². The zero-order valence-corrected chi connectivity index (χ0v) is 26.3. The largest absolute Gasteiger partial charge is 0.455 e. The first-order valence-electron chi connectivity index (χ1n) is 15.8. The number of likely N-dealkylation sites (tertiary alicyclic amines) is 1. The summed E-state index contributed by atoms with van der Waals surface area (Å²) in [5.41, 5.74) is -4.28. The van der Waals surface area contributed by atoms with Crippen molar-refractivity contribution in [1.82, 2.24) is 4.90 Å². The molecule has 11 nitrogen and oxygen atoms in total. The van der Waals surface area contributed by atoms with Crippen molar-refractivity contribution in [1.29, 1.82) is 0 Å². The summed E-state index contributed by atoms with van der Waals surface area (Å²) in [4.78, 5) is 29.3. The third kappa shape index (κ3) is 3.36. The molecule has 14 atom stereocenters. The number of benzene rings is 1. The second-order valence-corrected chi connectivity index (χ2v) is 13.8. The molecular formula is C33H45NO10. The number of carbonyl (C=O) groups excluding carboxylic acids is 2. The summed E-state index contributed by atoms with van der Waals surface area (Å²) < 4.78 is 38.1. The van der Waals surface area contributed by atoms with Gasteiger partial charge in [0.1, 0.15) is 23.9 Å². The normalized spacial score (nSPS) is 49.9. The Labute approximate surface area is 258 Å². The number of fused-ring (bicyclic) bond motifs is 2. The SMILES string of the molecule is CCN1C[C@@]2(OC)CC[C@H](OC)[C@@]34[C@@H]5C[C@@]6(O)[C@H](OC(=O)c7ccccc7)[C@H]5[C@](OC(C)=O)([C@@H]([C@H](OC)[C@H]23)[C@@H]14)[C@@H](O)[C@@H]6OC. The molecule has 242 valence electrons. The van der Waals surface area contributed by atoms with Crippen molar-refractivity contribution in [2.45, 2.75) is 86.5 Å². The second-order valence-electron chi connectivity index (χ2n) is 13.8. The fourth-order valence-corrected chi connectivity index (χ4v) is 11.9. The maximum Gasteiger partial charge on any atom is 0.338 e. The molecule has 44 heavy (non-hydrogen) atoms. The van der Waals surface area contributed by atoms with E-state index in [0.29, 0.717) is 18.7 Å². The fourth-order valence-electron chi connectivity index (χ4n) is 11.9. The summed E-state index contributed by atoms with van der Waals surface area (Å²) in [6, 6.07) is 8.37. The van der Waals surface area contributed by atoms with Gasteiger partial charge in [-0.3, -0.25) is 9.69 Å². The van der Waals surface area contributed by atoms with Gasteiger partial charge < -0.3 is 38.6 Å². The Kier molecular flexibility index (Phi) is 7.07. The smallest absolute Gasteiger partial charge is 0.338 e. The second kappa shape index (κ2) is 10.2. The number of rotatable bonds is 8. The monoisotopic (exact) mass is 615 g/mol. The summed E-state index contributed by atoms with van der Waals surface area (Å²) in [5, 5.41) is 25.1. The maximum atomic E-state index is 13.7. The van der Waals surface area contributed by atoms with Gasteiger partial charge in [-0.25, -0.2) is 4.79 Å². The topological polar surface area (TPSA) is 133 Å². The van der Waals surface area contributed by atoms with E-state index < -0.39 is 76.3 Å². The predicted octanol–water partition coefficient (Wildman–Crippen LogP) is 1.43. The first-order valence-corrected chi connectivity index (χ1v) is 15.8. The molecule has 11 heteroatoms. The highest BCUT2D eigenvalue weighted by Crippen LogP contribution is 2.79. The van der Waals surface area contributed by atoms with Crippen LogP contribution < -0.4 is 0 Å². The zero-order valence-electron chi connectivity index (χ0n) is 26.3. The minimum Gasteiger partial charge on any atom is -0.455 e. The van der Waals surface area contributed by atoms with Gasteiger partial charge in [0.2, 0.25) is 0 Å². The van der Waals surface area contributed by atoms with E-state index in [0.717, 1.165) is 12.8 Å². The zero-order chi connectivity index (χ0) is 31.4. The van der Waals surface area contributed by atoms with Crippen molar-refractivity contribution in [3.63, 3.8) is 0 Å². The van der Waals surface area contributed by atoms with E-state index in [-0.39, 0.29) is 24.5 Å². The average molecular weight is 616 g/mol. The number of piperidine rings is 1. The molecule has 1 aliphatic heterocycles. The predicted molar refractivity (Wildman–Crippen MR) is 155 cm³/mol. The Morgan fingerprint density at radius 2 is 1.75 bits per heavy atom. The maximum absolute atomic E-state index is 13.7. The van der Waals surface area contributed by atoms with Crippen LogP contribution in [0.3, 0.4) is 0 Å². The summed E-state index contributed by atoms with van der Waals surface area (Å²) in [7, 11) is 6.56. The molecule has 5 saturated carbocycles. The van der Waals surface area contributed by atoms with Crippen molar-refractivity contribution in [2.75, 3.05) is 41.5 Å². The number of hydrogen-bond acceptors (Lipinski definition) is 11. The van der Waals surface area contributed by atoms with Crippen LogP contribution in [0.2, 0.25) is 0 Å². The highest BCUT2D eigenvalue weighted by molar-refractivity contribution is 5.89. The number of carbonyl (C=O) groups is 2. The fraction of sp³-hybridized carbons (Fsp3) is 0.758. The van der Waals surface area contributed by atoms with Crippen LogP contribution in [0.15, 0.2) is 30.3 Å². The number of likely N-dealkylation sites (N-methyl/N-ethyl adjacent to an activating group) is 1. The number of ether oxygens (including phenoxy) is 6. The molecule has 0 radical (unpaired) electrons. The lowest BCUT2D eigenvalue weighted by Crippen LogP contribution is -2.81. The molecule has 1 aromatic carbocycles. The molecular weight excluding hydrogens is 570 g/mol. The first kappa shape index (κ1) is 30.5. The van der Waals surface area contributed by atoms with Crippen LogP contribution in [-0.2, 0) is 33.2 Å². The van der Waals surface area contributed by atoms with Crippen LogP contribution >= 0.6 is 0 Å². The molecule has 7 bridgehead atoms. The molecule has 1 aromatic rings. The number of hydrogen-bond donors (Lipinski definition) is 2. The van der Waals surface area contributed by atoms with E-state index in [1.54, 1.807) is 45.6 Å². The highest BCUT2D eigenvalue weighted by Gasteiger charge is 2.91. The average Bonchev–Trinajstić information content (AvgIpc) is 3.39. The van der Waals surface area contributed by atoms with Gasteiger partial charge in [-0.05, 0) is 43.9 Å². The number of esters is 2. The molecule has 2 N–H and O–H groups in total. The molecule has 0 unspecified atom stereocenters. The minimum atomic E-state index is -1.77. The third-order valence-corrected chi connectivity index (χ3v) is 12.8. The number of nitrogens with zero attached hydrogens (tertiary/aromatic N) is 1. The van der Waals surface area contributed by atoms with Crippen molar-refractivity contribution >= 4 is 11.9 Å². The van der Waals surface area contributed by atoms with Crippen LogP contribution in [0.5, 0.6) is 0 Å². The van der Waals surface area contributed by atoms with Crippen LogP contribution in [0.4, 0.5) is 0 Å². The molecule has 6 fully saturated rings. The lowest BCUT2D eigenvalue weighted by atomic mass is 9.45. The Balaban J connectivity index is 1.52. The van der Waals surface area contributed by atoms with E-state index in [9.17, 15) is 19.8 Å². The molecule has 7 rings (SSSR count). The van der Waals surface area contributed by atoms with E-state index in [4.69, 9.17) is 28.4 Å². The molecule has 0 aromatic heterocycles. The summed E-state index contributed by atoms with van der Waals surface area (Å²) in [6.45, 7) is 4.76.